The Morgan fingerprint density at radius 1 is 1.47 bits per heavy atom. The third kappa shape index (κ3) is 2.34. The molecule has 0 spiro atoms. The van der Waals surface area contributed by atoms with E-state index in [0.29, 0.717) is 11.3 Å². The number of hydrogen-bond donors (Lipinski definition) is 1. The first kappa shape index (κ1) is 11.7. The second kappa shape index (κ2) is 4.63. The number of esters is 1. The lowest BCUT2D eigenvalue weighted by atomic mass is 10.2. The van der Waals surface area contributed by atoms with Crippen LogP contribution in [-0.2, 0) is 9.47 Å². The summed E-state index contributed by atoms with van der Waals surface area (Å²) < 4.78 is 15.4. The molecule has 17 heavy (non-hydrogen) atoms. The molecule has 0 aliphatic heterocycles. The van der Waals surface area contributed by atoms with Crippen LogP contribution in [0.4, 0.5) is 0 Å². The summed E-state index contributed by atoms with van der Waals surface area (Å²) in [6, 6.07) is 3.37. The molecule has 0 bridgehead atoms. The highest BCUT2D eigenvalue weighted by Crippen LogP contribution is 2.18. The molecule has 0 aliphatic rings. The van der Waals surface area contributed by atoms with E-state index in [1.807, 2.05) is 13.8 Å². The van der Waals surface area contributed by atoms with Crippen molar-refractivity contribution in [2.75, 3.05) is 7.11 Å². The zero-order chi connectivity index (χ0) is 12.4. The summed E-state index contributed by atoms with van der Waals surface area (Å²) in [6.45, 7) is 3.84. The number of H-pyrrole nitrogens is 1. The first-order valence-electron chi connectivity index (χ1n) is 5.42. The van der Waals surface area contributed by atoms with E-state index in [9.17, 15) is 4.79 Å². The molecule has 5 heteroatoms. The molecular formula is C12H15NO4. The van der Waals surface area contributed by atoms with Crippen LogP contribution in [0, 0.1) is 5.92 Å². The minimum Gasteiger partial charge on any atom is -0.463 e. The minimum absolute atomic E-state index is 0.0990. The molecule has 0 amide bonds. The first-order chi connectivity index (χ1) is 8.11. The minimum atomic E-state index is -0.544. The van der Waals surface area contributed by atoms with Crippen LogP contribution in [-0.4, -0.2) is 24.4 Å². The van der Waals surface area contributed by atoms with E-state index in [-0.39, 0.29) is 5.92 Å². The van der Waals surface area contributed by atoms with Crippen LogP contribution < -0.4 is 0 Å². The average Bonchev–Trinajstić information content (AvgIpc) is 2.84. The fraction of sp³-hybridized carbons (Fsp3) is 0.417. The number of hydrogen-bond acceptors (Lipinski definition) is 4. The SMILES string of the molecule is COC(OC(=O)c1cc2occc2[nH]1)C(C)C. The highest BCUT2D eigenvalue weighted by molar-refractivity contribution is 5.93. The van der Waals surface area contributed by atoms with Gasteiger partial charge in [-0.25, -0.2) is 4.79 Å². The van der Waals surface area contributed by atoms with Gasteiger partial charge in [0.05, 0.1) is 11.8 Å². The lowest BCUT2D eigenvalue weighted by molar-refractivity contribution is -0.114. The number of rotatable bonds is 4. The monoisotopic (exact) mass is 237 g/mol. The number of aromatic nitrogens is 1. The normalized spacial score (nSPS) is 13.2. The lowest BCUT2D eigenvalue weighted by Gasteiger charge is -2.18. The van der Waals surface area contributed by atoms with Crippen LogP contribution in [0.2, 0.25) is 0 Å². The van der Waals surface area contributed by atoms with Crippen molar-refractivity contribution in [1.29, 1.82) is 0 Å². The molecule has 2 aromatic heterocycles. The highest BCUT2D eigenvalue weighted by Gasteiger charge is 2.20. The Bertz CT molecular complexity index is 483. The van der Waals surface area contributed by atoms with Crippen LogP contribution in [0.3, 0.4) is 0 Å². The van der Waals surface area contributed by atoms with Crippen molar-refractivity contribution in [1.82, 2.24) is 4.98 Å². The molecule has 2 heterocycles. The Kier molecular flexibility index (Phi) is 3.19. The zero-order valence-corrected chi connectivity index (χ0v) is 10.0. The van der Waals surface area contributed by atoms with Gasteiger partial charge in [-0.1, -0.05) is 13.8 Å². The van der Waals surface area contributed by atoms with E-state index in [1.165, 1.54) is 7.11 Å². The maximum absolute atomic E-state index is 11.8. The molecule has 0 aliphatic carbocycles. The van der Waals surface area contributed by atoms with Gasteiger partial charge in [0.1, 0.15) is 5.69 Å². The molecule has 0 saturated carbocycles. The number of nitrogens with one attached hydrogen (secondary N) is 1. The van der Waals surface area contributed by atoms with Crippen LogP contribution in [0.15, 0.2) is 22.8 Å². The Morgan fingerprint density at radius 2 is 2.24 bits per heavy atom. The first-order valence-corrected chi connectivity index (χ1v) is 5.42. The maximum Gasteiger partial charge on any atom is 0.357 e. The molecular weight excluding hydrogens is 222 g/mol. The Balaban J connectivity index is 2.12. The van der Waals surface area contributed by atoms with Crippen molar-refractivity contribution in [3.05, 3.63) is 24.1 Å². The molecule has 1 unspecified atom stereocenters. The van der Waals surface area contributed by atoms with E-state index in [0.717, 1.165) is 5.52 Å². The van der Waals surface area contributed by atoms with E-state index in [2.05, 4.69) is 4.98 Å². The molecule has 0 saturated heterocycles. The molecule has 1 atom stereocenters. The summed E-state index contributed by atoms with van der Waals surface area (Å²) >= 11 is 0. The van der Waals surface area contributed by atoms with Crippen molar-refractivity contribution in [2.24, 2.45) is 5.92 Å². The van der Waals surface area contributed by atoms with Crippen molar-refractivity contribution in [3.63, 3.8) is 0 Å². The number of ether oxygens (including phenoxy) is 2. The predicted octanol–water partition coefficient (Wildman–Crippen LogP) is 2.55. The zero-order valence-electron chi connectivity index (χ0n) is 10.0. The van der Waals surface area contributed by atoms with Gasteiger partial charge in [0, 0.05) is 25.2 Å². The molecule has 92 valence electrons. The van der Waals surface area contributed by atoms with Gasteiger partial charge in [-0.05, 0) is 0 Å². The number of aromatic amines is 1. The smallest absolute Gasteiger partial charge is 0.357 e. The second-order valence-corrected chi connectivity index (χ2v) is 4.13. The van der Waals surface area contributed by atoms with Crippen molar-refractivity contribution >= 4 is 17.1 Å². The highest BCUT2D eigenvalue weighted by atomic mass is 16.7. The topological polar surface area (TPSA) is 64.5 Å². The maximum atomic E-state index is 11.8. The predicted molar refractivity (Wildman–Crippen MR) is 61.6 cm³/mol. The van der Waals surface area contributed by atoms with Gasteiger partial charge in [0.25, 0.3) is 0 Å². The van der Waals surface area contributed by atoms with Gasteiger partial charge in [-0.2, -0.15) is 0 Å². The third-order valence-electron chi connectivity index (χ3n) is 2.46. The van der Waals surface area contributed by atoms with E-state index in [4.69, 9.17) is 13.9 Å². The van der Waals surface area contributed by atoms with Gasteiger partial charge in [0.15, 0.2) is 5.58 Å². The van der Waals surface area contributed by atoms with Gasteiger partial charge in [-0.15, -0.1) is 0 Å². The Morgan fingerprint density at radius 3 is 2.82 bits per heavy atom. The van der Waals surface area contributed by atoms with E-state index < -0.39 is 12.3 Å². The summed E-state index contributed by atoms with van der Waals surface area (Å²) in [5.41, 5.74) is 1.77. The lowest BCUT2D eigenvalue weighted by Crippen LogP contribution is -2.25. The molecule has 0 aromatic carbocycles. The molecule has 0 fully saturated rings. The Labute approximate surface area is 98.7 Å². The fourth-order valence-electron chi connectivity index (χ4n) is 1.58. The average molecular weight is 237 g/mol. The third-order valence-corrected chi connectivity index (χ3v) is 2.46. The van der Waals surface area contributed by atoms with Crippen LogP contribution in [0.5, 0.6) is 0 Å². The van der Waals surface area contributed by atoms with E-state index >= 15 is 0 Å². The number of fused-ring (bicyclic) bond motifs is 1. The number of carbonyl (C=O) groups is 1. The van der Waals surface area contributed by atoms with Crippen LogP contribution >= 0.6 is 0 Å². The van der Waals surface area contributed by atoms with Gasteiger partial charge < -0.3 is 18.9 Å². The van der Waals surface area contributed by atoms with Crippen molar-refractivity contribution in [3.8, 4) is 0 Å². The summed E-state index contributed by atoms with van der Waals surface area (Å²) in [7, 11) is 1.51. The summed E-state index contributed by atoms with van der Waals surface area (Å²) in [6.07, 6.45) is 1.01. The molecule has 1 N–H and O–H groups in total. The molecule has 0 radical (unpaired) electrons. The summed E-state index contributed by atoms with van der Waals surface area (Å²) in [5, 5.41) is 0. The summed E-state index contributed by atoms with van der Waals surface area (Å²) in [5.74, 6) is -0.348. The van der Waals surface area contributed by atoms with Crippen LogP contribution in [0.1, 0.15) is 24.3 Å². The Hall–Kier alpha value is -1.75. The number of methoxy groups -OCH3 is 1. The molecule has 2 rings (SSSR count). The van der Waals surface area contributed by atoms with Gasteiger partial charge in [-0.3, -0.25) is 0 Å². The van der Waals surface area contributed by atoms with Crippen molar-refractivity contribution in [2.45, 2.75) is 20.1 Å². The summed E-state index contributed by atoms with van der Waals surface area (Å²) in [4.78, 5) is 14.7. The number of furan rings is 1. The van der Waals surface area contributed by atoms with Gasteiger partial charge >= 0.3 is 5.97 Å². The number of carbonyl (C=O) groups excluding carboxylic acids is 1. The largest absolute Gasteiger partial charge is 0.463 e. The second-order valence-electron chi connectivity index (χ2n) is 4.13. The quantitative estimate of drug-likeness (QED) is 0.655. The van der Waals surface area contributed by atoms with Crippen molar-refractivity contribution < 1.29 is 18.7 Å². The van der Waals surface area contributed by atoms with E-state index in [1.54, 1.807) is 18.4 Å². The molecule has 2 aromatic rings. The molecule has 5 nitrogen and oxygen atoms in total. The standard InChI is InChI=1S/C12H15NO4/c1-7(2)12(15-3)17-11(14)9-6-10-8(13-9)4-5-16-10/h4-7,12-13H,1-3H3. The van der Waals surface area contributed by atoms with Gasteiger partial charge in [0.2, 0.25) is 6.29 Å². The van der Waals surface area contributed by atoms with Crippen LogP contribution in [0.25, 0.3) is 11.1 Å². The fourth-order valence-corrected chi connectivity index (χ4v) is 1.58.